The van der Waals surface area contributed by atoms with Crippen molar-refractivity contribution in [3.63, 3.8) is 0 Å². The van der Waals surface area contributed by atoms with Crippen LogP contribution in [0.4, 0.5) is 5.82 Å². The van der Waals surface area contributed by atoms with Gasteiger partial charge in [0.05, 0.1) is 18.3 Å². The summed E-state index contributed by atoms with van der Waals surface area (Å²) in [6.07, 6.45) is 0. The first-order valence-electron chi connectivity index (χ1n) is 7.37. The third-order valence-corrected chi connectivity index (χ3v) is 3.14. The molecule has 5 heteroatoms. The van der Waals surface area contributed by atoms with Crippen molar-refractivity contribution in [3.05, 3.63) is 17.8 Å². The van der Waals surface area contributed by atoms with E-state index in [0.29, 0.717) is 18.6 Å². The van der Waals surface area contributed by atoms with Gasteiger partial charge in [-0.3, -0.25) is 0 Å². The summed E-state index contributed by atoms with van der Waals surface area (Å²) in [5.41, 5.74) is 0.977. The van der Waals surface area contributed by atoms with Crippen molar-refractivity contribution in [2.45, 2.75) is 40.3 Å². The zero-order chi connectivity index (χ0) is 15.0. The van der Waals surface area contributed by atoms with Gasteiger partial charge in [-0.05, 0) is 38.4 Å². The minimum atomic E-state index is 0.296. The summed E-state index contributed by atoms with van der Waals surface area (Å²) in [6, 6.07) is 4.37. The van der Waals surface area contributed by atoms with E-state index >= 15 is 0 Å². The summed E-state index contributed by atoms with van der Waals surface area (Å²) in [5, 5.41) is 12.0. The van der Waals surface area contributed by atoms with Gasteiger partial charge in [0.25, 0.3) is 0 Å². The number of methoxy groups -OCH3 is 1. The summed E-state index contributed by atoms with van der Waals surface area (Å²) in [4.78, 5) is 2.20. The molecular formula is C15H28N4O. The highest BCUT2D eigenvalue weighted by atomic mass is 16.5. The molecule has 0 aromatic carbocycles. The van der Waals surface area contributed by atoms with Gasteiger partial charge in [-0.2, -0.15) is 5.10 Å². The van der Waals surface area contributed by atoms with E-state index in [2.05, 4.69) is 48.1 Å². The van der Waals surface area contributed by atoms with Crippen LogP contribution in [0.1, 0.15) is 33.4 Å². The van der Waals surface area contributed by atoms with Gasteiger partial charge in [-0.1, -0.05) is 13.8 Å². The zero-order valence-electron chi connectivity index (χ0n) is 13.4. The van der Waals surface area contributed by atoms with Gasteiger partial charge >= 0.3 is 0 Å². The molecule has 1 aromatic rings. The maximum atomic E-state index is 5.21. The van der Waals surface area contributed by atoms with E-state index in [0.717, 1.165) is 31.1 Å². The van der Waals surface area contributed by atoms with E-state index in [1.807, 2.05) is 12.1 Å². The molecule has 114 valence electrons. The van der Waals surface area contributed by atoms with Gasteiger partial charge < -0.3 is 15.0 Å². The van der Waals surface area contributed by atoms with Crippen molar-refractivity contribution < 1.29 is 4.74 Å². The van der Waals surface area contributed by atoms with Gasteiger partial charge in [-0.25, -0.2) is 0 Å². The lowest BCUT2D eigenvalue weighted by Gasteiger charge is -2.28. The van der Waals surface area contributed by atoms with Crippen LogP contribution in [-0.4, -0.2) is 43.0 Å². The van der Waals surface area contributed by atoms with Crippen LogP contribution in [-0.2, 0) is 11.3 Å². The lowest BCUT2D eigenvalue weighted by atomic mass is 10.2. The third kappa shape index (κ3) is 5.43. The quantitative estimate of drug-likeness (QED) is 0.750. The fraction of sp³-hybridized carbons (Fsp3) is 0.733. The fourth-order valence-corrected chi connectivity index (χ4v) is 2.12. The van der Waals surface area contributed by atoms with E-state index < -0.39 is 0 Å². The summed E-state index contributed by atoms with van der Waals surface area (Å²) in [7, 11) is 1.72. The number of nitrogens with zero attached hydrogens (tertiary/aromatic N) is 3. The largest absolute Gasteiger partial charge is 0.383 e. The molecule has 0 fully saturated rings. The van der Waals surface area contributed by atoms with Crippen molar-refractivity contribution in [3.8, 4) is 0 Å². The molecule has 1 rings (SSSR count). The second-order valence-electron chi connectivity index (χ2n) is 5.50. The Balaban J connectivity index is 2.59. The van der Waals surface area contributed by atoms with Crippen LogP contribution in [0.25, 0.3) is 0 Å². The molecule has 1 unspecified atom stereocenters. The summed E-state index contributed by atoms with van der Waals surface area (Å²) in [5.74, 6) is 1.55. The van der Waals surface area contributed by atoms with Crippen molar-refractivity contribution in [2.24, 2.45) is 5.92 Å². The van der Waals surface area contributed by atoms with E-state index in [1.54, 1.807) is 7.11 Å². The van der Waals surface area contributed by atoms with Crippen molar-refractivity contribution in [1.29, 1.82) is 0 Å². The maximum absolute atomic E-state index is 5.21. The zero-order valence-corrected chi connectivity index (χ0v) is 13.4. The average molecular weight is 280 g/mol. The molecule has 0 radical (unpaired) electrons. The second kappa shape index (κ2) is 8.87. The van der Waals surface area contributed by atoms with Gasteiger partial charge in [0.1, 0.15) is 0 Å². The maximum Gasteiger partial charge on any atom is 0.151 e. The number of likely N-dealkylation sites (N-methyl/N-ethyl adjacent to an activating group) is 1. The Morgan fingerprint density at radius 1 is 1.25 bits per heavy atom. The molecule has 0 saturated heterocycles. The monoisotopic (exact) mass is 280 g/mol. The first kappa shape index (κ1) is 16.9. The Bertz CT molecular complexity index is 367. The molecule has 0 bridgehead atoms. The van der Waals surface area contributed by atoms with E-state index in [1.165, 1.54) is 0 Å². The average Bonchev–Trinajstić information content (AvgIpc) is 2.41. The van der Waals surface area contributed by atoms with Gasteiger partial charge in [-0.15, -0.1) is 5.10 Å². The smallest absolute Gasteiger partial charge is 0.151 e. The van der Waals surface area contributed by atoms with E-state index in [4.69, 9.17) is 4.74 Å². The molecule has 1 N–H and O–H groups in total. The number of rotatable bonds is 9. The van der Waals surface area contributed by atoms with Crippen LogP contribution in [0.5, 0.6) is 0 Å². The highest BCUT2D eigenvalue weighted by molar-refractivity contribution is 5.38. The lowest BCUT2D eigenvalue weighted by molar-refractivity contribution is 0.181. The Morgan fingerprint density at radius 3 is 2.50 bits per heavy atom. The van der Waals surface area contributed by atoms with Crippen molar-refractivity contribution in [2.75, 3.05) is 31.7 Å². The number of ether oxygens (including phenoxy) is 1. The summed E-state index contributed by atoms with van der Waals surface area (Å²) >= 11 is 0. The highest BCUT2D eigenvalue weighted by Crippen LogP contribution is 2.13. The van der Waals surface area contributed by atoms with Crippen LogP contribution >= 0.6 is 0 Å². The van der Waals surface area contributed by atoms with Crippen LogP contribution < -0.4 is 10.2 Å². The Hall–Kier alpha value is -1.20. The fourth-order valence-electron chi connectivity index (χ4n) is 2.12. The van der Waals surface area contributed by atoms with Gasteiger partial charge in [0.2, 0.25) is 0 Å². The molecule has 0 aliphatic carbocycles. The molecular weight excluding hydrogens is 252 g/mol. The van der Waals surface area contributed by atoms with Gasteiger partial charge in [0.15, 0.2) is 5.82 Å². The van der Waals surface area contributed by atoms with E-state index in [9.17, 15) is 0 Å². The Labute approximate surface area is 122 Å². The number of nitrogens with one attached hydrogen (secondary N) is 1. The minimum Gasteiger partial charge on any atom is -0.383 e. The van der Waals surface area contributed by atoms with E-state index in [-0.39, 0.29) is 0 Å². The van der Waals surface area contributed by atoms with Crippen molar-refractivity contribution >= 4 is 5.82 Å². The number of hydrogen-bond donors (Lipinski definition) is 1. The van der Waals surface area contributed by atoms with Crippen LogP contribution in [0.2, 0.25) is 0 Å². The van der Waals surface area contributed by atoms with Crippen LogP contribution in [0, 0.1) is 5.92 Å². The molecule has 1 heterocycles. The number of anilines is 1. The van der Waals surface area contributed by atoms with Crippen LogP contribution in [0.15, 0.2) is 12.1 Å². The predicted octanol–water partition coefficient (Wildman–Crippen LogP) is 2.08. The lowest BCUT2D eigenvalue weighted by Crippen LogP contribution is -2.36. The SMILES string of the molecule is CCN(c1ccc(CNCC(C)C)nn1)C(C)COC. The summed E-state index contributed by atoms with van der Waals surface area (Å²) in [6.45, 7) is 12.0. The molecule has 0 aliphatic heterocycles. The second-order valence-corrected chi connectivity index (χ2v) is 5.50. The number of hydrogen-bond acceptors (Lipinski definition) is 5. The Kier molecular flexibility index (Phi) is 7.47. The summed E-state index contributed by atoms with van der Waals surface area (Å²) < 4.78 is 5.21. The van der Waals surface area contributed by atoms with Crippen molar-refractivity contribution in [1.82, 2.24) is 15.5 Å². The molecule has 0 saturated carbocycles. The standard InChI is InChI=1S/C15H28N4O/c1-6-19(13(4)11-20-5)15-8-7-14(17-18-15)10-16-9-12(2)3/h7-8,12-13,16H,6,9-11H2,1-5H3. The van der Waals surface area contributed by atoms with Crippen LogP contribution in [0.3, 0.4) is 0 Å². The minimum absolute atomic E-state index is 0.296. The Morgan fingerprint density at radius 2 is 2.00 bits per heavy atom. The molecule has 1 aromatic heterocycles. The first-order valence-corrected chi connectivity index (χ1v) is 7.37. The molecule has 5 nitrogen and oxygen atoms in total. The molecule has 0 spiro atoms. The third-order valence-electron chi connectivity index (χ3n) is 3.14. The first-order chi connectivity index (χ1) is 9.58. The molecule has 0 amide bonds. The molecule has 1 atom stereocenters. The molecule has 20 heavy (non-hydrogen) atoms. The highest BCUT2D eigenvalue weighted by Gasteiger charge is 2.14. The number of aromatic nitrogens is 2. The normalized spacial score (nSPS) is 12.7. The topological polar surface area (TPSA) is 50.3 Å². The predicted molar refractivity (Wildman–Crippen MR) is 82.9 cm³/mol. The molecule has 0 aliphatic rings. The van der Waals surface area contributed by atoms with Gasteiger partial charge in [0, 0.05) is 20.2 Å².